The van der Waals surface area contributed by atoms with Gasteiger partial charge in [0.15, 0.2) is 0 Å². The van der Waals surface area contributed by atoms with E-state index in [0.29, 0.717) is 5.13 Å². The lowest BCUT2D eigenvalue weighted by atomic mass is 10.2. The van der Waals surface area contributed by atoms with Crippen LogP contribution < -0.4 is 5.32 Å². The van der Waals surface area contributed by atoms with E-state index in [1.807, 2.05) is 36.6 Å². The summed E-state index contributed by atoms with van der Waals surface area (Å²) in [5.41, 5.74) is 1.79. The minimum atomic E-state index is -0.130. The van der Waals surface area contributed by atoms with Crippen LogP contribution in [0.4, 0.5) is 5.13 Å². The molecule has 3 rings (SSSR count). The summed E-state index contributed by atoms with van der Waals surface area (Å²) in [6.07, 6.45) is 1.04. The minimum Gasteiger partial charge on any atom is -0.300 e. The Morgan fingerprint density at radius 3 is 2.96 bits per heavy atom. The van der Waals surface area contributed by atoms with Crippen LogP contribution in [-0.4, -0.2) is 21.1 Å². The first-order chi connectivity index (χ1) is 11.1. The van der Waals surface area contributed by atoms with Crippen molar-refractivity contribution < 1.29 is 4.79 Å². The molecule has 23 heavy (non-hydrogen) atoms. The summed E-state index contributed by atoms with van der Waals surface area (Å²) in [4.78, 5) is 16.6. The molecule has 5 nitrogen and oxygen atoms in total. The van der Waals surface area contributed by atoms with E-state index in [2.05, 4.69) is 36.4 Å². The second-order valence-electron chi connectivity index (χ2n) is 4.73. The zero-order valence-corrected chi connectivity index (χ0v) is 15.5. The fraction of sp³-hybridized carbons (Fsp3) is 0.200. The van der Waals surface area contributed by atoms with Crippen LogP contribution in [-0.2, 0) is 17.6 Å². The van der Waals surface area contributed by atoms with Crippen molar-refractivity contribution >= 4 is 49.6 Å². The lowest BCUT2D eigenvalue weighted by Crippen LogP contribution is -2.14. The lowest BCUT2D eigenvalue weighted by molar-refractivity contribution is -0.115. The summed E-state index contributed by atoms with van der Waals surface area (Å²) in [5.74, 6) is -0.130. The summed E-state index contributed by atoms with van der Waals surface area (Å²) in [6, 6.07) is 7.95. The van der Waals surface area contributed by atoms with Crippen molar-refractivity contribution in [2.75, 3.05) is 5.32 Å². The summed E-state index contributed by atoms with van der Waals surface area (Å²) in [7, 11) is 0. The summed E-state index contributed by atoms with van der Waals surface area (Å²) >= 11 is 6.38. The van der Waals surface area contributed by atoms with E-state index in [-0.39, 0.29) is 12.3 Å². The van der Waals surface area contributed by atoms with E-state index in [1.54, 1.807) is 0 Å². The van der Waals surface area contributed by atoms with Crippen molar-refractivity contribution in [2.45, 2.75) is 19.8 Å². The maximum atomic E-state index is 12.1. The maximum absolute atomic E-state index is 12.1. The van der Waals surface area contributed by atoms with Crippen LogP contribution in [0, 0.1) is 0 Å². The molecule has 0 unspecified atom stereocenters. The molecule has 2 aromatic heterocycles. The molecule has 0 aliphatic heterocycles. The normalized spacial score (nSPS) is 10.7. The van der Waals surface area contributed by atoms with Crippen LogP contribution in [0.3, 0.4) is 0 Å². The third kappa shape index (κ3) is 4.21. The van der Waals surface area contributed by atoms with Gasteiger partial charge in [0.05, 0.1) is 12.1 Å². The number of aryl methyl sites for hydroxylation is 1. The number of hydrogen-bond acceptors (Lipinski definition) is 6. The molecule has 0 spiro atoms. The van der Waals surface area contributed by atoms with Gasteiger partial charge in [-0.2, -0.15) is 0 Å². The van der Waals surface area contributed by atoms with Gasteiger partial charge < -0.3 is 5.32 Å². The zero-order valence-electron chi connectivity index (χ0n) is 12.2. The second kappa shape index (κ2) is 7.29. The standard InChI is InChI=1S/C15H13BrN4OS2/c1-2-13-19-20-15(23-13)18-12(21)7-11-8-22-14(17-11)9-4-3-5-10(16)6-9/h3-6,8H,2,7H2,1H3,(H,18,20,21). The Kier molecular flexibility index (Phi) is 5.14. The Bertz CT molecular complexity index is 830. The van der Waals surface area contributed by atoms with Crippen LogP contribution in [0.1, 0.15) is 17.6 Å². The quantitative estimate of drug-likeness (QED) is 0.687. The van der Waals surface area contributed by atoms with Crippen LogP contribution in [0.2, 0.25) is 0 Å². The van der Waals surface area contributed by atoms with Crippen molar-refractivity contribution in [3.63, 3.8) is 0 Å². The highest BCUT2D eigenvalue weighted by atomic mass is 79.9. The van der Waals surface area contributed by atoms with Crippen LogP contribution in [0.15, 0.2) is 34.1 Å². The molecule has 0 fully saturated rings. The molecule has 1 aromatic carbocycles. The van der Waals surface area contributed by atoms with Crippen LogP contribution in [0.5, 0.6) is 0 Å². The van der Waals surface area contributed by atoms with Crippen molar-refractivity contribution in [3.05, 3.63) is 44.8 Å². The van der Waals surface area contributed by atoms with Crippen LogP contribution in [0.25, 0.3) is 10.6 Å². The third-order valence-corrected chi connectivity index (χ3v) is 5.40. The first-order valence-corrected chi connectivity index (χ1v) is 9.45. The van der Waals surface area contributed by atoms with Gasteiger partial charge in [-0.05, 0) is 18.6 Å². The smallest absolute Gasteiger partial charge is 0.232 e. The molecule has 0 atom stereocenters. The molecule has 8 heteroatoms. The largest absolute Gasteiger partial charge is 0.300 e. The van der Waals surface area contributed by atoms with Gasteiger partial charge in [0.25, 0.3) is 0 Å². The number of hydrogen-bond donors (Lipinski definition) is 1. The Labute approximate surface area is 149 Å². The van der Waals surface area contributed by atoms with E-state index in [9.17, 15) is 4.79 Å². The Morgan fingerprint density at radius 1 is 1.35 bits per heavy atom. The number of halogens is 1. The van der Waals surface area contributed by atoms with E-state index in [1.165, 1.54) is 22.7 Å². The van der Waals surface area contributed by atoms with Crippen molar-refractivity contribution in [3.8, 4) is 10.6 Å². The number of aromatic nitrogens is 3. The summed E-state index contributed by atoms with van der Waals surface area (Å²) in [5, 5.41) is 14.9. The van der Waals surface area contributed by atoms with Crippen molar-refractivity contribution in [1.82, 2.24) is 15.2 Å². The molecular weight excluding hydrogens is 396 g/mol. The molecule has 118 valence electrons. The van der Waals surface area contributed by atoms with Crippen molar-refractivity contribution in [1.29, 1.82) is 0 Å². The second-order valence-corrected chi connectivity index (χ2v) is 7.57. The number of benzene rings is 1. The van der Waals surface area contributed by atoms with Gasteiger partial charge in [0, 0.05) is 15.4 Å². The molecule has 0 bridgehead atoms. The van der Waals surface area contributed by atoms with Gasteiger partial charge in [-0.1, -0.05) is 46.3 Å². The molecule has 0 saturated heterocycles. The minimum absolute atomic E-state index is 0.130. The maximum Gasteiger partial charge on any atom is 0.232 e. The molecule has 3 aromatic rings. The summed E-state index contributed by atoms with van der Waals surface area (Å²) < 4.78 is 1.01. The average molecular weight is 409 g/mol. The first kappa shape index (κ1) is 16.2. The van der Waals surface area contributed by atoms with Crippen LogP contribution >= 0.6 is 38.6 Å². The number of anilines is 1. The predicted molar refractivity (Wildman–Crippen MR) is 96.9 cm³/mol. The third-order valence-electron chi connectivity index (χ3n) is 2.98. The average Bonchev–Trinajstić information content (AvgIpc) is 3.16. The summed E-state index contributed by atoms with van der Waals surface area (Å²) in [6.45, 7) is 2.00. The number of carbonyl (C=O) groups is 1. The van der Waals surface area contributed by atoms with Gasteiger partial charge in [0.2, 0.25) is 11.0 Å². The molecular formula is C15H13BrN4OS2. The molecule has 1 amide bonds. The number of nitrogens with zero attached hydrogens (tertiary/aromatic N) is 3. The van der Waals surface area contributed by atoms with Gasteiger partial charge in [-0.15, -0.1) is 21.5 Å². The first-order valence-electron chi connectivity index (χ1n) is 6.96. The number of rotatable bonds is 5. The fourth-order valence-corrected chi connectivity index (χ4v) is 3.83. The lowest BCUT2D eigenvalue weighted by Gasteiger charge is -1.99. The number of carbonyl (C=O) groups excluding carboxylic acids is 1. The zero-order chi connectivity index (χ0) is 16.2. The number of amides is 1. The highest BCUT2D eigenvalue weighted by Crippen LogP contribution is 2.26. The fourth-order valence-electron chi connectivity index (χ4n) is 1.92. The van der Waals surface area contributed by atoms with E-state index < -0.39 is 0 Å². The van der Waals surface area contributed by atoms with Gasteiger partial charge in [0.1, 0.15) is 10.0 Å². The highest BCUT2D eigenvalue weighted by Gasteiger charge is 2.11. The molecule has 0 aliphatic carbocycles. The number of nitrogens with one attached hydrogen (secondary N) is 1. The topological polar surface area (TPSA) is 67.8 Å². The number of thiazole rings is 1. The molecule has 0 radical (unpaired) electrons. The Morgan fingerprint density at radius 2 is 2.22 bits per heavy atom. The van der Waals surface area contributed by atoms with Crippen molar-refractivity contribution in [2.24, 2.45) is 0 Å². The predicted octanol–water partition coefficient (Wildman–Crippen LogP) is 4.17. The van der Waals surface area contributed by atoms with E-state index in [0.717, 1.165) is 32.2 Å². The van der Waals surface area contributed by atoms with Gasteiger partial charge >= 0.3 is 0 Å². The SMILES string of the molecule is CCc1nnc(NC(=O)Cc2csc(-c3cccc(Br)c3)n2)s1. The van der Waals surface area contributed by atoms with E-state index in [4.69, 9.17) is 0 Å². The highest BCUT2D eigenvalue weighted by molar-refractivity contribution is 9.10. The Balaban J connectivity index is 1.65. The molecule has 0 aliphatic rings. The Hall–Kier alpha value is -1.64. The van der Waals surface area contributed by atoms with Gasteiger partial charge in [-0.25, -0.2) is 4.98 Å². The molecule has 0 saturated carbocycles. The molecule has 1 N–H and O–H groups in total. The molecule has 2 heterocycles. The van der Waals surface area contributed by atoms with Gasteiger partial charge in [-0.3, -0.25) is 4.79 Å². The van der Waals surface area contributed by atoms with E-state index >= 15 is 0 Å². The monoisotopic (exact) mass is 408 g/mol.